The predicted molar refractivity (Wildman–Crippen MR) is 126 cm³/mol. The van der Waals surface area contributed by atoms with Crippen LogP contribution < -0.4 is 9.74 Å². The van der Waals surface area contributed by atoms with Crippen molar-refractivity contribution < 1.29 is 4.43 Å². The Labute approximate surface area is 178 Å². The van der Waals surface area contributed by atoms with Gasteiger partial charge in [-0.1, -0.05) is 63.2 Å². The normalized spacial score (nSPS) is 18.6. The predicted octanol–water partition coefficient (Wildman–Crippen LogP) is 5.40. The Morgan fingerprint density at radius 1 is 1.07 bits per heavy atom. The van der Waals surface area contributed by atoms with Gasteiger partial charge in [0, 0.05) is 32.2 Å². The molecule has 29 heavy (non-hydrogen) atoms. The van der Waals surface area contributed by atoms with E-state index in [1.165, 1.54) is 16.7 Å². The van der Waals surface area contributed by atoms with Crippen LogP contribution in [0.1, 0.15) is 37.5 Å². The van der Waals surface area contributed by atoms with Gasteiger partial charge in [0.1, 0.15) is 5.75 Å². The van der Waals surface area contributed by atoms with Crippen molar-refractivity contribution in [1.29, 1.82) is 0 Å². The van der Waals surface area contributed by atoms with Crippen molar-refractivity contribution in [3.63, 3.8) is 0 Å². The van der Waals surface area contributed by atoms with Crippen molar-refractivity contribution in [1.82, 2.24) is 10.2 Å². The average molecular weight is 411 g/mol. The van der Waals surface area contributed by atoms with Crippen LogP contribution in [0.4, 0.5) is 0 Å². The maximum absolute atomic E-state index is 6.64. The summed E-state index contributed by atoms with van der Waals surface area (Å²) in [6.07, 6.45) is 1.04. The quantitative estimate of drug-likeness (QED) is 0.646. The van der Waals surface area contributed by atoms with Gasteiger partial charge in [-0.05, 0) is 54.2 Å². The van der Waals surface area contributed by atoms with E-state index in [1.54, 1.807) is 0 Å². The van der Waals surface area contributed by atoms with Crippen LogP contribution in [0.2, 0.25) is 18.1 Å². The fourth-order valence-electron chi connectivity index (χ4n) is 3.61. The second-order valence-corrected chi connectivity index (χ2v) is 14.8. The molecule has 158 valence electrons. The molecule has 0 aromatic heterocycles. The fraction of sp³-hybridized carbons (Fsp3) is 0.520. The van der Waals surface area contributed by atoms with Gasteiger partial charge in [0.25, 0.3) is 0 Å². The third-order valence-corrected chi connectivity index (χ3v) is 10.8. The van der Waals surface area contributed by atoms with Crippen molar-refractivity contribution >= 4 is 8.32 Å². The third kappa shape index (κ3) is 5.94. The number of benzene rings is 2. The highest BCUT2D eigenvalue weighted by atomic mass is 28.4. The highest BCUT2D eigenvalue weighted by molar-refractivity contribution is 6.74. The van der Waals surface area contributed by atoms with E-state index >= 15 is 0 Å². The van der Waals surface area contributed by atoms with Crippen molar-refractivity contribution in [2.75, 3.05) is 19.6 Å². The average Bonchev–Trinajstić information content (AvgIpc) is 2.64. The van der Waals surface area contributed by atoms with Gasteiger partial charge in [-0.3, -0.25) is 4.90 Å². The molecule has 1 fully saturated rings. The lowest BCUT2D eigenvalue weighted by Gasteiger charge is -2.37. The summed E-state index contributed by atoms with van der Waals surface area (Å²) in [4.78, 5) is 2.57. The molecule has 1 atom stereocenters. The van der Waals surface area contributed by atoms with E-state index in [1.807, 2.05) is 0 Å². The summed E-state index contributed by atoms with van der Waals surface area (Å²) in [6, 6.07) is 18.1. The number of hydrogen-bond acceptors (Lipinski definition) is 3. The van der Waals surface area contributed by atoms with Crippen molar-refractivity contribution in [2.24, 2.45) is 0 Å². The molecule has 3 nitrogen and oxygen atoms in total. The first-order chi connectivity index (χ1) is 13.6. The molecular weight excluding hydrogens is 372 g/mol. The second kappa shape index (κ2) is 9.03. The van der Waals surface area contributed by atoms with E-state index in [0.717, 1.165) is 38.3 Å². The SMILES string of the molecule is Cc1ccc(C[C@@H]2CN(Cc3ccccc3)CCN2)cc1O[Si](C)(C)C(C)(C)C. The topological polar surface area (TPSA) is 24.5 Å². The molecule has 1 heterocycles. The van der Waals surface area contributed by atoms with Crippen LogP contribution in [0.25, 0.3) is 0 Å². The Kier molecular flexibility index (Phi) is 6.87. The second-order valence-electron chi connectivity index (χ2n) is 10.0. The standard InChI is InChI=1S/C25H38N2OSi/c1-20-12-13-22(17-24(20)28-29(5,6)25(2,3)4)16-23-19-27(15-14-26-23)18-21-10-8-7-9-11-21/h7-13,17,23,26H,14-16,18-19H2,1-6H3/t23-/m1/s1. The highest BCUT2D eigenvalue weighted by Crippen LogP contribution is 2.38. The van der Waals surface area contributed by atoms with Crippen molar-refractivity contribution in [3.05, 3.63) is 65.2 Å². The third-order valence-electron chi connectivity index (χ3n) is 6.49. The number of piperazine rings is 1. The lowest BCUT2D eigenvalue weighted by molar-refractivity contribution is 0.192. The Bertz CT molecular complexity index is 798. The largest absolute Gasteiger partial charge is 0.543 e. The molecule has 1 saturated heterocycles. The first-order valence-electron chi connectivity index (χ1n) is 10.9. The van der Waals surface area contributed by atoms with Gasteiger partial charge < -0.3 is 9.74 Å². The first kappa shape index (κ1) is 22.1. The summed E-state index contributed by atoms with van der Waals surface area (Å²) < 4.78 is 6.64. The molecular formula is C25H38N2OSi. The summed E-state index contributed by atoms with van der Waals surface area (Å²) >= 11 is 0. The lowest BCUT2D eigenvalue weighted by Crippen LogP contribution is -2.51. The minimum Gasteiger partial charge on any atom is -0.543 e. The fourth-order valence-corrected chi connectivity index (χ4v) is 4.69. The number of nitrogens with zero attached hydrogens (tertiary/aromatic N) is 1. The van der Waals surface area contributed by atoms with Gasteiger partial charge in [-0.15, -0.1) is 0 Å². The van der Waals surface area contributed by atoms with Gasteiger partial charge >= 0.3 is 0 Å². The van der Waals surface area contributed by atoms with Crippen LogP contribution in [0.3, 0.4) is 0 Å². The number of aryl methyl sites for hydroxylation is 1. The zero-order chi connectivity index (χ0) is 21.1. The summed E-state index contributed by atoms with van der Waals surface area (Å²) in [5.41, 5.74) is 4.00. The molecule has 2 aromatic carbocycles. The van der Waals surface area contributed by atoms with Crippen molar-refractivity contribution in [3.8, 4) is 5.75 Å². The zero-order valence-electron chi connectivity index (χ0n) is 19.1. The monoisotopic (exact) mass is 410 g/mol. The Morgan fingerprint density at radius 2 is 1.79 bits per heavy atom. The summed E-state index contributed by atoms with van der Waals surface area (Å²) in [5, 5.41) is 3.92. The Balaban J connectivity index is 1.65. The molecule has 1 N–H and O–H groups in total. The van der Waals surface area contributed by atoms with Gasteiger partial charge in [0.05, 0.1) is 0 Å². The molecule has 0 amide bonds. The van der Waals surface area contributed by atoms with Gasteiger partial charge in [-0.25, -0.2) is 0 Å². The van der Waals surface area contributed by atoms with Crippen LogP contribution in [-0.4, -0.2) is 38.9 Å². The maximum atomic E-state index is 6.64. The smallest absolute Gasteiger partial charge is 0.250 e. The molecule has 2 aromatic rings. The maximum Gasteiger partial charge on any atom is 0.250 e. The molecule has 0 unspecified atom stereocenters. The van der Waals surface area contributed by atoms with E-state index in [2.05, 4.69) is 99.5 Å². The summed E-state index contributed by atoms with van der Waals surface area (Å²) in [7, 11) is -1.83. The molecule has 0 spiro atoms. The molecule has 0 aliphatic carbocycles. The van der Waals surface area contributed by atoms with E-state index in [-0.39, 0.29) is 5.04 Å². The zero-order valence-corrected chi connectivity index (χ0v) is 20.1. The molecule has 3 rings (SSSR count). The van der Waals surface area contributed by atoms with E-state index in [0.29, 0.717) is 6.04 Å². The number of hydrogen-bond donors (Lipinski definition) is 1. The van der Waals surface area contributed by atoms with Gasteiger partial charge in [0.2, 0.25) is 8.32 Å². The minimum atomic E-state index is -1.83. The molecule has 1 aliphatic rings. The van der Waals surface area contributed by atoms with Gasteiger partial charge in [-0.2, -0.15) is 0 Å². The lowest BCUT2D eigenvalue weighted by atomic mass is 10.0. The van der Waals surface area contributed by atoms with Crippen LogP contribution >= 0.6 is 0 Å². The molecule has 0 saturated carbocycles. The minimum absolute atomic E-state index is 0.207. The number of rotatable bonds is 6. The van der Waals surface area contributed by atoms with Crippen LogP contribution in [0.15, 0.2) is 48.5 Å². The molecule has 0 bridgehead atoms. The van der Waals surface area contributed by atoms with Gasteiger partial charge in [0.15, 0.2) is 0 Å². The van der Waals surface area contributed by atoms with E-state index < -0.39 is 8.32 Å². The van der Waals surface area contributed by atoms with E-state index in [4.69, 9.17) is 4.43 Å². The van der Waals surface area contributed by atoms with Crippen LogP contribution in [0.5, 0.6) is 5.75 Å². The molecule has 4 heteroatoms. The highest BCUT2D eigenvalue weighted by Gasteiger charge is 2.39. The Morgan fingerprint density at radius 3 is 2.48 bits per heavy atom. The summed E-state index contributed by atoms with van der Waals surface area (Å²) in [5.74, 6) is 1.08. The Hall–Kier alpha value is -1.62. The number of nitrogens with one attached hydrogen (secondary N) is 1. The first-order valence-corrected chi connectivity index (χ1v) is 13.8. The molecule has 0 radical (unpaired) electrons. The molecule has 1 aliphatic heterocycles. The summed E-state index contributed by atoms with van der Waals surface area (Å²) in [6.45, 7) is 18.0. The van der Waals surface area contributed by atoms with Crippen LogP contribution in [-0.2, 0) is 13.0 Å². The van der Waals surface area contributed by atoms with E-state index in [9.17, 15) is 0 Å². The van der Waals surface area contributed by atoms with Crippen molar-refractivity contribution in [2.45, 2.75) is 64.8 Å². The van der Waals surface area contributed by atoms with Crippen LogP contribution in [0, 0.1) is 6.92 Å².